The molecular formula is C17H20F4N4O. The summed E-state index contributed by atoms with van der Waals surface area (Å²) in [4.78, 5) is 7.50. The number of anilines is 3. The van der Waals surface area contributed by atoms with Crippen molar-refractivity contribution in [3.8, 4) is 0 Å². The number of benzene rings is 1. The Morgan fingerprint density at radius 1 is 1.19 bits per heavy atom. The predicted octanol–water partition coefficient (Wildman–Crippen LogP) is 4.12. The first-order valence-corrected chi connectivity index (χ1v) is 7.97. The van der Waals surface area contributed by atoms with Gasteiger partial charge in [0.25, 0.3) is 0 Å². The van der Waals surface area contributed by atoms with Crippen molar-refractivity contribution in [2.75, 3.05) is 17.2 Å². The first-order valence-electron chi connectivity index (χ1n) is 7.97. The van der Waals surface area contributed by atoms with E-state index in [1.54, 1.807) is 13.8 Å². The Morgan fingerprint density at radius 3 is 2.46 bits per heavy atom. The third-order valence-electron chi connectivity index (χ3n) is 3.86. The topological polar surface area (TPSA) is 70.1 Å². The first-order chi connectivity index (χ1) is 12.1. The van der Waals surface area contributed by atoms with Crippen LogP contribution in [0.2, 0.25) is 0 Å². The molecule has 5 nitrogen and oxygen atoms in total. The zero-order chi connectivity index (χ0) is 19.5. The fourth-order valence-corrected chi connectivity index (χ4v) is 2.19. The smallest absolute Gasteiger partial charge is 0.394 e. The summed E-state index contributed by atoms with van der Waals surface area (Å²) in [6.45, 7) is 4.82. The molecule has 0 aliphatic heterocycles. The maximum Gasteiger partial charge on any atom is 0.433 e. The van der Waals surface area contributed by atoms with Crippen molar-refractivity contribution in [1.29, 1.82) is 0 Å². The van der Waals surface area contributed by atoms with Crippen LogP contribution in [0.5, 0.6) is 0 Å². The van der Waals surface area contributed by atoms with Crippen molar-refractivity contribution in [1.82, 2.24) is 9.97 Å². The van der Waals surface area contributed by atoms with Crippen molar-refractivity contribution >= 4 is 17.5 Å². The average Bonchev–Trinajstić information content (AvgIpc) is 2.55. The monoisotopic (exact) mass is 372 g/mol. The van der Waals surface area contributed by atoms with E-state index >= 15 is 0 Å². The molecule has 2 aromatic rings. The summed E-state index contributed by atoms with van der Waals surface area (Å²) in [6, 6.07) is 4.46. The summed E-state index contributed by atoms with van der Waals surface area (Å²) in [5.74, 6) is -0.952. The Labute approximate surface area is 148 Å². The quantitative estimate of drug-likeness (QED) is 0.666. The number of aromatic nitrogens is 2. The van der Waals surface area contributed by atoms with Crippen LogP contribution in [0.1, 0.15) is 25.1 Å². The number of halogens is 4. The lowest BCUT2D eigenvalue weighted by Crippen LogP contribution is -2.30. The van der Waals surface area contributed by atoms with Crippen LogP contribution in [0.4, 0.5) is 35.0 Å². The van der Waals surface area contributed by atoms with Crippen molar-refractivity contribution in [3.63, 3.8) is 0 Å². The second-order valence-corrected chi connectivity index (χ2v) is 6.17. The van der Waals surface area contributed by atoms with Gasteiger partial charge >= 0.3 is 6.18 Å². The normalized spacial score (nSPS) is 13.0. The van der Waals surface area contributed by atoms with E-state index < -0.39 is 23.7 Å². The van der Waals surface area contributed by atoms with Crippen LogP contribution in [0.15, 0.2) is 24.3 Å². The van der Waals surface area contributed by atoms with Crippen LogP contribution < -0.4 is 10.6 Å². The lowest BCUT2D eigenvalue weighted by molar-refractivity contribution is -0.141. The fourth-order valence-electron chi connectivity index (χ4n) is 2.19. The molecule has 0 amide bonds. The van der Waals surface area contributed by atoms with Gasteiger partial charge in [-0.05, 0) is 25.0 Å². The molecule has 3 N–H and O–H groups in total. The van der Waals surface area contributed by atoms with Crippen LogP contribution in [-0.2, 0) is 6.18 Å². The minimum atomic E-state index is -4.68. The molecule has 0 radical (unpaired) electrons. The van der Waals surface area contributed by atoms with E-state index in [0.29, 0.717) is 5.69 Å². The van der Waals surface area contributed by atoms with Crippen LogP contribution >= 0.6 is 0 Å². The van der Waals surface area contributed by atoms with Gasteiger partial charge in [0.05, 0.1) is 12.6 Å². The lowest BCUT2D eigenvalue weighted by Gasteiger charge is -2.21. The molecule has 0 fully saturated rings. The van der Waals surface area contributed by atoms with Gasteiger partial charge in [0.1, 0.15) is 11.6 Å². The number of nitrogens with zero attached hydrogens (tertiary/aromatic N) is 2. The Balaban J connectivity index is 2.41. The van der Waals surface area contributed by atoms with Gasteiger partial charge < -0.3 is 15.7 Å². The molecule has 9 heteroatoms. The molecule has 1 aromatic heterocycles. The highest BCUT2D eigenvalue weighted by molar-refractivity contribution is 5.61. The van der Waals surface area contributed by atoms with E-state index in [9.17, 15) is 22.7 Å². The molecule has 0 spiro atoms. The highest BCUT2D eigenvalue weighted by Gasteiger charge is 2.34. The highest BCUT2D eigenvalue weighted by Crippen LogP contribution is 2.31. The van der Waals surface area contributed by atoms with Crippen LogP contribution in [0, 0.1) is 18.7 Å². The molecule has 142 valence electrons. The van der Waals surface area contributed by atoms with E-state index in [4.69, 9.17) is 0 Å². The van der Waals surface area contributed by atoms with Gasteiger partial charge in [-0.25, -0.2) is 9.37 Å². The third kappa shape index (κ3) is 4.81. The largest absolute Gasteiger partial charge is 0.433 e. The fraction of sp³-hybridized carbons (Fsp3) is 0.412. The number of hydrogen-bond acceptors (Lipinski definition) is 5. The van der Waals surface area contributed by atoms with E-state index in [0.717, 1.165) is 6.07 Å². The zero-order valence-corrected chi connectivity index (χ0v) is 14.5. The molecule has 0 saturated heterocycles. The number of aliphatic hydroxyl groups excluding tert-OH is 1. The first kappa shape index (κ1) is 19.9. The summed E-state index contributed by atoms with van der Waals surface area (Å²) >= 11 is 0. The number of hydrogen-bond donors (Lipinski definition) is 3. The Kier molecular flexibility index (Phi) is 6.01. The van der Waals surface area contributed by atoms with Crippen molar-refractivity contribution in [2.24, 2.45) is 5.92 Å². The average molecular weight is 372 g/mol. The van der Waals surface area contributed by atoms with Gasteiger partial charge in [-0.1, -0.05) is 19.9 Å². The molecular weight excluding hydrogens is 352 g/mol. The minimum absolute atomic E-state index is 0.0555. The third-order valence-corrected chi connectivity index (χ3v) is 3.86. The number of nitrogens with one attached hydrogen (secondary N) is 2. The molecule has 2 rings (SSSR count). The Hall–Kier alpha value is -2.42. The van der Waals surface area contributed by atoms with Crippen LogP contribution in [0.3, 0.4) is 0 Å². The molecule has 0 aliphatic rings. The minimum Gasteiger partial charge on any atom is -0.394 e. The molecule has 0 bridgehead atoms. The van der Waals surface area contributed by atoms with E-state index in [1.165, 1.54) is 25.1 Å². The molecule has 0 saturated carbocycles. The summed E-state index contributed by atoms with van der Waals surface area (Å²) < 4.78 is 53.1. The SMILES string of the molecule is Cc1c(F)cccc1Nc1cc(C(F)(F)F)nc(N[C@@H](CO)C(C)C)n1. The second kappa shape index (κ2) is 7.86. The maximum absolute atomic E-state index is 13.6. The van der Waals surface area contributed by atoms with Crippen molar-refractivity contribution in [2.45, 2.75) is 33.0 Å². The standard InChI is InChI=1S/C17H20F4N4O/c1-9(2)13(8-26)23-16-24-14(17(19,20)21)7-15(25-16)22-12-6-4-5-11(18)10(12)3/h4-7,9,13,26H,8H2,1-3H3,(H2,22,23,24,25)/t13-/m0/s1. The second-order valence-electron chi connectivity index (χ2n) is 6.17. The summed E-state index contributed by atoms with van der Waals surface area (Å²) in [7, 11) is 0. The maximum atomic E-state index is 13.6. The van der Waals surface area contributed by atoms with E-state index in [2.05, 4.69) is 20.6 Å². The highest BCUT2D eigenvalue weighted by atomic mass is 19.4. The van der Waals surface area contributed by atoms with Crippen molar-refractivity contribution in [3.05, 3.63) is 41.3 Å². The summed E-state index contributed by atoms with van der Waals surface area (Å²) in [5.41, 5.74) is -0.595. The lowest BCUT2D eigenvalue weighted by atomic mass is 10.1. The van der Waals surface area contributed by atoms with Gasteiger partial charge in [-0.3, -0.25) is 0 Å². The van der Waals surface area contributed by atoms with Crippen molar-refractivity contribution < 1.29 is 22.7 Å². The number of aliphatic hydroxyl groups is 1. The predicted molar refractivity (Wildman–Crippen MR) is 90.8 cm³/mol. The van der Waals surface area contributed by atoms with Gasteiger partial charge in [0.15, 0.2) is 5.69 Å². The molecule has 1 aromatic carbocycles. The number of alkyl halides is 3. The molecule has 26 heavy (non-hydrogen) atoms. The van der Waals surface area contributed by atoms with Crippen LogP contribution in [0.25, 0.3) is 0 Å². The Bertz CT molecular complexity index is 765. The number of rotatable bonds is 6. The van der Waals surface area contributed by atoms with Gasteiger partial charge in [0, 0.05) is 17.3 Å². The zero-order valence-electron chi connectivity index (χ0n) is 14.5. The molecule has 0 unspecified atom stereocenters. The van der Waals surface area contributed by atoms with Gasteiger partial charge in [-0.2, -0.15) is 18.2 Å². The Morgan fingerprint density at radius 2 is 1.88 bits per heavy atom. The van der Waals surface area contributed by atoms with Gasteiger partial charge in [-0.15, -0.1) is 0 Å². The molecule has 1 heterocycles. The molecule has 0 aliphatic carbocycles. The van der Waals surface area contributed by atoms with E-state index in [1.807, 2.05) is 0 Å². The molecule has 1 atom stereocenters. The van der Waals surface area contributed by atoms with E-state index in [-0.39, 0.29) is 29.9 Å². The van der Waals surface area contributed by atoms with Crippen LogP contribution in [-0.4, -0.2) is 27.7 Å². The summed E-state index contributed by atoms with van der Waals surface area (Å²) in [6.07, 6.45) is -4.68. The van der Waals surface area contributed by atoms with Gasteiger partial charge in [0.2, 0.25) is 5.95 Å². The summed E-state index contributed by atoms with van der Waals surface area (Å²) in [5, 5.41) is 14.8.